The first-order valence-electron chi connectivity index (χ1n) is 6.92. The molecule has 17 heavy (non-hydrogen) atoms. The number of hydrogen-bond acceptors (Lipinski definition) is 3. The second kappa shape index (κ2) is 6.64. The maximum atomic E-state index is 4.66. The summed E-state index contributed by atoms with van der Waals surface area (Å²) >= 11 is 1.89. The van der Waals surface area contributed by atoms with Gasteiger partial charge in [0.25, 0.3) is 0 Å². The standard InChI is InChI=1S/C13H25N3S/c1-11(2)12-10-17-13(15-12)14-6-5-9-16-7-3-4-8-16/h11-12H,3-10H2,1-2H3,(H,14,15). The maximum absolute atomic E-state index is 4.66. The fourth-order valence-corrected chi connectivity index (χ4v) is 3.57. The van der Waals surface area contributed by atoms with Crippen LogP contribution in [0.3, 0.4) is 0 Å². The van der Waals surface area contributed by atoms with Crippen LogP contribution in [0, 0.1) is 5.92 Å². The molecule has 4 heteroatoms. The Kier molecular flexibility index (Phi) is 5.16. The summed E-state index contributed by atoms with van der Waals surface area (Å²) in [5.41, 5.74) is 0. The highest BCUT2D eigenvalue weighted by Gasteiger charge is 2.22. The van der Waals surface area contributed by atoms with Crippen molar-refractivity contribution in [2.24, 2.45) is 10.9 Å². The Hall–Kier alpha value is -0.220. The molecule has 0 aromatic heterocycles. The number of nitrogens with zero attached hydrogens (tertiary/aromatic N) is 2. The average molecular weight is 255 g/mol. The van der Waals surface area contributed by atoms with E-state index in [9.17, 15) is 0 Å². The first-order valence-corrected chi connectivity index (χ1v) is 7.90. The molecule has 98 valence electrons. The number of likely N-dealkylation sites (tertiary alicyclic amines) is 1. The summed E-state index contributed by atoms with van der Waals surface area (Å²) in [6.45, 7) is 9.37. The minimum absolute atomic E-state index is 0.623. The molecule has 0 aliphatic carbocycles. The van der Waals surface area contributed by atoms with Crippen LogP contribution in [0.25, 0.3) is 0 Å². The van der Waals surface area contributed by atoms with Crippen molar-refractivity contribution in [1.29, 1.82) is 0 Å². The maximum Gasteiger partial charge on any atom is 0.156 e. The molecule has 3 nitrogen and oxygen atoms in total. The van der Waals surface area contributed by atoms with Crippen LogP contribution in [0.2, 0.25) is 0 Å². The van der Waals surface area contributed by atoms with E-state index >= 15 is 0 Å². The lowest BCUT2D eigenvalue weighted by atomic mass is 10.1. The molecule has 2 rings (SSSR count). The van der Waals surface area contributed by atoms with Crippen molar-refractivity contribution >= 4 is 16.9 Å². The van der Waals surface area contributed by atoms with Gasteiger partial charge < -0.3 is 10.2 Å². The zero-order valence-electron chi connectivity index (χ0n) is 11.1. The van der Waals surface area contributed by atoms with Gasteiger partial charge in [-0.2, -0.15) is 0 Å². The van der Waals surface area contributed by atoms with E-state index in [1.165, 1.54) is 49.8 Å². The molecule has 2 aliphatic heterocycles. The van der Waals surface area contributed by atoms with Crippen LogP contribution >= 0.6 is 11.8 Å². The van der Waals surface area contributed by atoms with Crippen LogP contribution in [-0.4, -0.2) is 48.0 Å². The van der Waals surface area contributed by atoms with Crippen molar-refractivity contribution < 1.29 is 0 Å². The molecule has 1 atom stereocenters. The van der Waals surface area contributed by atoms with E-state index < -0.39 is 0 Å². The second-order valence-corrected chi connectivity index (χ2v) is 6.40. The van der Waals surface area contributed by atoms with E-state index in [-0.39, 0.29) is 0 Å². The predicted molar refractivity (Wildman–Crippen MR) is 76.8 cm³/mol. The number of thioether (sulfide) groups is 1. The molecule has 0 amide bonds. The Bertz CT molecular complexity index is 259. The van der Waals surface area contributed by atoms with Gasteiger partial charge in [0.15, 0.2) is 5.17 Å². The van der Waals surface area contributed by atoms with E-state index in [0.717, 1.165) is 6.54 Å². The second-order valence-electron chi connectivity index (χ2n) is 5.40. The van der Waals surface area contributed by atoms with Crippen LogP contribution in [0.4, 0.5) is 0 Å². The summed E-state index contributed by atoms with van der Waals surface area (Å²) in [6.07, 6.45) is 3.99. The molecule has 0 saturated carbocycles. The summed E-state index contributed by atoms with van der Waals surface area (Å²) in [5, 5.41) is 4.69. The van der Waals surface area contributed by atoms with E-state index in [1.807, 2.05) is 11.8 Å². The van der Waals surface area contributed by atoms with E-state index in [0.29, 0.717) is 12.0 Å². The Labute approximate surface area is 109 Å². The van der Waals surface area contributed by atoms with Crippen molar-refractivity contribution in [2.45, 2.75) is 39.2 Å². The van der Waals surface area contributed by atoms with Gasteiger partial charge in [-0.3, -0.25) is 4.99 Å². The van der Waals surface area contributed by atoms with Crippen molar-refractivity contribution in [1.82, 2.24) is 10.2 Å². The molecule has 0 aromatic carbocycles. The predicted octanol–water partition coefficient (Wildman–Crippen LogP) is 2.19. The first kappa shape index (κ1) is 13.2. The third kappa shape index (κ3) is 4.18. The minimum Gasteiger partial charge on any atom is -0.361 e. The largest absolute Gasteiger partial charge is 0.361 e. The lowest BCUT2D eigenvalue weighted by Crippen LogP contribution is -2.31. The molecule has 0 aromatic rings. The fourth-order valence-electron chi connectivity index (χ4n) is 2.34. The van der Waals surface area contributed by atoms with Gasteiger partial charge in [-0.25, -0.2) is 0 Å². The smallest absolute Gasteiger partial charge is 0.156 e. The molecule has 1 N–H and O–H groups in total. The van der Waals surface area contributed by atoms with Crippen LogP contribution in [0.5, 0.6) is 0 Å². The van der Waals surface area contributed by atoms with E-state index in [4.69, 9.17) is 0 Å². The average Bonchev–Trinajstić information content (AvgIpc) is 2.96. The molecule has 2 heterocycles. The number of nitrogens with one attached hydrogen (secondary N) is 1. The Morgan fingerprint density at radius 1 is 1.41 bits per heavy atom. The SMILES string of the molecule is CC(C)C1CSC(=NCCCN2CCCC2)N1. The zero-order valence-corrected chi connectivity index (χ0v) is 11.9. The van der Waals surface area contributed by atoms with Crippen LogP contribution in [0.15, 0.2) is 4.99 Å². The fraction of sp³-hybridized carbons (Fsp3) is 0.923. The highest BCUT2D eigenvalue weighted by Crippen LogP contribution is 2.19. The van der Waals surface area contributed by atoms with Crippen molar-refractivity contribution in [2.75, 3.05) is 31.9 Å². The number of hydrogen-bond donors (Lipinski definition) is 1. The van der Waals surface area contributed by atoms with Gasteiger partial charge in [0.05, 0.1) is 0 Å². The van der Waals surface area contributed by atoms with Gasteiger partial charge in [-0.15, -0.1) is 0 Å². The summed E-state index contributed by atoms with van der Waals surface area (Å²) in [5.74, 6) is 1.89. The van der Waals surface area contributed by atoms with E-state index in [1.54, 1.807) is 0 Å². The molecular weight excluding hydrogens is 230 g/mol. The van der Waals surface area contributed by atoms with Gasteiger partial charge in [0.2, 0.25) is 0 Å². The lowest BCUT2D eigenvalue weighted by Gasteiger charge is -2.14. The van der Waals surface area contributed by atoms with Crippen molar-refractivity contribution in [3.63, 3.8) is 0 Å². The number of amidine groups is 1. The monoisotopic (exact) mass is 255 g/mol. The molecule has 2 saturated heterocycles. The summed E-state index contributed by atoms with van der Waals surface area (Å²) in [7, 11) is 0. The quantitative estimate of drug-likeness (QED) is 0.763. The topological polar surface area (TPSA) is 27.6 Å². The summed E-state index contributed by atoms with van der Waals surface area (Å²) in [4.78, 5) is 7.22. The van der Waals surface area contributed by atoms with Crippen molar-refractivity contribution in [3.05, 3.63) is 0 Å². The Morgan fingerprint density at radius 2 is 2.18 bits per heavy atom. The van der Waals surface area contributed by atoms with Gasteiger partial charge >= 0.3 is 0 Å². The highest BCUT2D eigenvalue weighted by molar-refractivity contribution is 8.14. The third-order valence-corrected chi connectivity index (χ3v) is 4.65. The number of rotatable bonds is 5. The van der Waals surface area contributed by atoms with Gasteiger partial charge in [-0.1, -0.05) is 25.6 Å². The Morgan fingerprint density at radius 3 is 2.82 bits per heavy atom. The highest BCUT2D eigenvalue weighted by atomic mass is 32.2. The first-order chi connectivity index (χ1) is 8.25. The van der Waals surface area contributed by atoms with Crippen LogP contribution < -0.4 is 5.32 Å². The molecular formula is C13H25N3S. The van der Waals surface area contributed by atoms with Gasteiger partial charge in [0.1, 0.15) is 0 Å². The van der Waals surface area contributed by atoms with E-state index in [2.05, 4.69) is 29.1 Å². The molecule has 0 spiro atoms. The third-order valence-electron chi connectivity index (χ3n) is 3.60. The van der Waals surface area contributed by atoms with Crippen LogP contribution in [-0.2, 0) is 0 Å². The summed E-state index contributed by atoms with van der Waals surface area (Å²) < 4.78 is 0. The lowest BCUT2D eigenvalue weighted by molar-refractivity contribution is 0.336. The Balaban J connectivity index is 1.60. The molecule has 0 bridgehead atoms. The van der Waals surface area contributed by atoms with Gasteiger partial charge in [0, 0.05) is 18.3 Å². The molecule has 2 fully saturated rings. The zero-order chi connectivity index (χ0) is 12.1. The molecule has 2 aliphatic rings. The van der Waals surface area contributed by atoms with Gasteiger partial charge in [-0.05, 0) is 44.8 Å². The van der Waals surface area contributed by atoms with Crippen molar-refractivity contribution in [3.8, 4) is 0 Å². The molecule has 1 unspecified atom stereocenters. The molecule has 0 radical (unpaired) electrons. The normalized spacial score (nSPS) is 28.2. The number of aliphatic imine (C=N–C) groups is 1. The minimum atomic E-state index is 0.623. The van der Waals surface area contributed by atoms with Crippen LogP contribution in [0.1, 0.15) is 33.1 Å². The summed E-state index contributed by atoms with van der Waals surface area (Å²) in [6, 6.07) is 0.623.